The van der Waals surface area contributed by atoms with Gasteiger partial charge in [-0.2, -0.15) is 74.6 Å². The number of fused-ring (bicyclic) bond motifs is 1. The quantitative estimate of drug-likeness (QED) is 0.170. The second-order valence-electron chi connectivity index (χ2n) is 9.67. The highest BCUT2D eigenvalue weighted by Gasteiger charge is 2.95. The van der Waals surface area contributed by atoms with Crippen LogP contribution in [0.15, 0.2) is 41.3 Å². The predicted molar refractivity (Wildman–Crippen MR) is 123 cm³/mol. The molecular weight excluding hydrogens is 691 g/mol. The average molecular weight is 710 g/mol. The molecule has 4 nitrogen and oxygen atoms in total. The monoisotopic (exact) mass is 710 g/mol. The van der Waals surface area contributed by atoms with Crippen LogP contribution in [-0.2, 0) is 10.0 Å². The number of hydrogen-bond donors (Lipinski definition) is 1. The van der Waals surface area contributed by atoms with Crippen molar-refractivity contribution in [2.75, 3.05) is 25.5 Å². The van der Waals surface area contributed by atoms with Crippen molar-refractivity contribution < 1.29 is 83.1 Å². The van der Waals surface area contributed by atoms with E-state index in [0.29, 0.717) is 11.1 Å². The van der Waals surface area contributed by atoms with Gasteiger partial charge in [-0.3, -0.25) is 0 Å². The van der Waals surface area contributed by atoms with Crippen molar-refractivity contribution in [2.24, 2.45) is 0 Å². The van der Waals surface area contributed by atoms with Gasteiger partial charge in [-0.05, 0) is 18.6 Å². The van der Waals surface area contributed by atoms with Crippen molar-refractivity contribution >= 4 is 26.5 Å². The first-order chi connectivity index (χ1) is 19.9. The maximum Gasteiger partial charge on any atom is 0.460 e. The van der Waals surface area contributed by atoms with Gasteiger partial charge in [0.25, 0.3) is 0 Å². The van der Waals surface area contributed by atoms with Gasteiger partial charge in [-0.25, -0.2) is 13.1 Å². The molecular formula is C23H19F17N2O2S. The molecule has 0 saturated heterocycles. The fourth-order valence-corrected chi connectivity index (χ4v) is 5.13. The molecule has 0 amide bonds. The van der Waals surface area contributed by atoms with Gasteiger partial charge in [0.2, 0.25) is 10.0 Å². The lowest BCUT2D eigenvalue weighted by atomic mass is 9.88. The zero-order chi connectivity index (χ0) is 35.5. The fraction of sp³-hybridized carbons (Fsp3) is 0.565. The van der Waals surface area contributed by atoms with E-state index in [1.165, 1.54) is 24.3 Å². The summed E-state index contributed by atoms with van der Waals surface area (Å²) in [5, 5.41) is 0.388. The van der Waals surface area contributed by atoms with Gasteiger partial charge in [0.15, 0.2) is 0 Å². The molecule has 2 aromatic carbocycles. The topological polar surface area (TPSA) is 49.4 Å². The molecule has 0 atom stereocenters. The Morgan fingerprint density at radius 2 is 1.02 bits per heavy atom. The summed E-state index contributed by atoms with van der Waals surface area (Å²) in [6.45, 7) is -1.33. The molecule has 1 N–H and O–H groups in total. The van der Waals surface area contributed by atoms with Gasteiger partial charge >= 0.3 is 47.6 Å². The van der Waals surface area contributed by atoms with E-state index in [1.807, 2.05) is 0 Å². The Morgan fingerprint density at radius 3 is 1.49 bits per heavy atom. The van der Waals surface area contributed by atoms with Crippen LogP contribution in [0.5, 0.6) is 0 Å². The largest absolute Gasteiger partial charge is 0.460 e. The third-order valence-corrected chi connectivity index (χ3v) is 7.90. The summed E-state index contributed by atoms with van der Waals surface area (Å²) >= 11 is 0. The predicted octanol–water partition coefficient (Wildman–Crippen LogP) is 7.97. The molecule has 2 aromatic rings. The third kappa shape index (κ3) is 5.95. The maximum absolute atomic E-state index is 14.1. The Hall–Kier alpha value is -2.78. The minimum atomic E-state index is -8.71. The molecule has 0 aliphatic heterocycles. The van der Waals surface area contributed by atoms with Crippen LogP contribution in [0.2, 0.25) is 0 Å². The van der Waals surface area contributed by atoms with Crippen molar-refractivity contribution in [1.82, 2.24) is 4.72 Å². The number of sulfonamides is 1. The van der Waals surface area contributed by atoms with E-state index in [-0.39, 0.29) is 5.39 Å². The van der Waals surface area contributed by atoms with E-state index in [4.69, 9.17) is 0 Å². The molecule has 2 rings (SSSR count). The molecule has 0 unspecified atom stereocenters. The Bertz CT molecular complexity index is 1490. The van der Waals surface area contributed by atoms with Crippen LogP contribution in [-0.4, -0.2) is 76.7 Å². The van der Waals surface area contributed by atoms with Crippen LogP contribution in [0.1, 0.15) is 12.8 Å². The van der Waals surface area contributed by atoms with Gasteiger partial charge in [0.05, 0.1) is 4.90 Å². The van der Waals surface area contributed by atoms with Gasteiger partial charge in [-0.1, -0.05) is 24.3 Å². The number of nitrogens with zero attached hydrogens (tertiary/aromatic N) is 1. The van der Waals surface area contributed by atoms with Crippen LogP contribution < -0.4 is 9.62 Å². The summed E-state index contributed by atoms with van der Waals surface area (Å²) in [7, 11) is -1.53. The molecule has 22 heteroatoms. The Morgan fingerprint density at radius 1 is 0.600 bits per heavy atom. The van der Waals surface area contributed by atoms with Crippen LogP contribution in [0, 0.1) is 0 Å². The first-order valence-electron chi connectivity index (χ1n) is 11.8. The summed E-state index contributed by atoms with van der Waals surface area (Å²) in [4.78, 5) is 1.07. The van der Waals surface area contributed by atoms with E-state index < -0.39 is 81.9 Å². The van der Waals surface area contributed by atoms with Gasteiger partial charge < -0.3 is 4.90 Å². The molecule has 0 bridgehead atoms. The van der Waals surface area contributed by atoms with E-state index >= 15 is 0 Å². The summed E-state index contributed by atoms with van der Waals surface area (Å²) in [6.07, 6.45) is -12.2. The lowest BCUT2D eigenvalue weighted by Gasteiger charge is -2.42. The van der Waals surface area contributed by atoms with Gasteiger partial charge in [-0.15, -0.1) is 0 Å². The Kier molecular flexibility index (Phi) is 9.80. The molecule has 0 radical (unpaired) electrons. The zero-order valence-corrected chi connectivity index (χ0v) is 23.0. The molecule has 0 aliphatic carbocycles. The molecule has 0 saturated carbocycles. The molecule has 0 aromatic heterocycles. The zero-order valence-electron chi connectivity index (χ0n) is 22.2. The van der Waals surface area contributed by atoms with E-state index in [0.717, 1.165) is 6.07 Å². The summed E-state index contributed by atoms with van der Waals surface area (Å²) < 4.78 is 255. The number of halogens is 17. The Labute approximate surface area is 242 Å². The van der Waals surface area contributed by atoms with Crippen LogP contribution in [0.4, 0.5) is 80.3 Å². The lowest BCUT2D eigenvalue weighted by Crippen LogP contribution is -2.74. The molecule has 0 fully saturated rings. The van der Waals surface area contributed by atoms with Gasteiger partial charge in [0.1, 0.15) is 0 Å². The highest BCUT2D eigenvalue weighted by molar-refractivity contribution is 7.89. The highest BCUT2D eigenvalue weighted by Crippen LogP contribution is 2.64. The number of benzene rings is 2. The molecule has 0 heterocycles. The second kappa shape index (κ2) is 11.5. The van der Waals surface area contributed by atoms with Crippen molar-refractivity contribution in [3.8, 4) is 0 Å². The minimum absolute atomic E-state index is 0.0452. The SMILES string of the molecule is CN(C)c1cccc2c(S(=O)(=O)NCCCC(F)(F)C(F)(F)C(F)(F)C(F)(F)C(F)(F)C(F)(F)C(F)(F)C(F)(F)F)cccc12. The van der Waals surface area contributed by atoms with E-state index in [2.05, 4.69) is 0 Å². The fourth-order valence-electron chi connectivity index (χ4n) is 3.84. The van der Waals surface area contributed by atoms with Crippen molar-refractivity contribution in [3.05, 3.63) is 36.4 Å². The van der Waals surface area contributed by atoms with Crippen molar-refractivity contribution in [1.29, 1.82) is 0 Å². The molecule has 45 heavy (non-hydrogen) atoms. The maximum atomic E-state index is 14.1. The molecule has 0 spiro atoms. The van der Waals surface area contributed by atoms with Crippen molar-refractivity contribution in [3.63, 3.8) is 0 Å². The number of anilines is 1. The smallest absolute Gasteiger partial charge is 0.377 e. The summed E-state index contributed by atoms with van der Waals surface area (Å²) in [5.74, 6) is -57.0. The summed E-state index contributed by atoms with van der Waals surface area (Å²) in [6, 6.07) is 8.02. The second-order valence-corrected chi connectivity index (χ2v) is 11.4. The van der Waals surface area contributed by atoms with Crippen LogP contribution in [0.25, 0.3) is 10.8 Å². The first-order valence-corrected chi connectivity index (χ1v) is 13.3. The minimum Gasteiger partial charge on any atom is -0.377 e. The number of hydrogen-bond acceptors (Lipinski definition) is 3. The summed E-state index contributed by atoms with van der Waals surface area (Å²) in [5.41, 5.74) is 0.495. The number of nitrogens with one attached hydrogen (secondary N) is 1. The molecule has 0 aliphatic rings. The van der Waals surface area contributed by atoms with Crippen LogP contribution in [0.3, 0.4) is 0 Å². The van der Waals surface area contributed by atoms with Gasteiger partial charge in [0, 0.05) is 43.5 Å². The third-order valence-electron chi connectivity index (χ3n) is 6.38. The molecule has 258 valence electrons. The standard InChI is InChI=1S/C23H19F17N2O2S/c1-42(2)14-8-3-7-13-12(14)6-4-9-15(13)45(43,44)41-11-5-10-16(24,25)17(26,27)18(28,29)19(30,31)20(32,33)21(34,35)22(36,37)23(38,39)40/h3-4,6-9,41H,5,10-11H2,1-2H3. The number of alkyl halides is 17. The average Bonchev–Trinajstić information content (AvgIpc) is 2.88. The normalized spacial score (nSPS) is 15.1. The number of rotatable bonds is 13. The van der Waals surface area contributed by atoms with E-state index in [1.54, 1.807) is 29.8 Å². The highest BCUT2D eigenvalue weighted by atomic mass is 32.2. The first kappa shape index (κ1) is 38.4. The lowest BCUT2D eigenvalue weighted by molar-refractivity contribution is -0.461. The van der Waals surface area contributed by atoms with Crippen molar-refractivity contribution in [2.45, 2.75) is 65.4 Å². The van der Waals surface area contributed by atoms with E-state index in [9.17, 15) is 83.1 Å². The Balaban J connectivity index is 2.32. The van der Waals surface area contributed by atoms with Crippen LogP contribution >= 0.6 is 0 Å².